The minimum atomic E-state index is 0.0787. The van der Waals surface area contributed by atoms with Gasteiger partial charge in [0, 0.05) is 12.6 Å². The van der Waals surface area contributed by atoms with E-state index in [4.69, 9.17) is 4.52 Å². The van der Waals surface area contributed by atoms with Gasteiger partial charge in [0.05, 0.1) is 18.9 Å². The van der Waals surface area contributed by atoms with Crippen molar-refractivity contribution in [2.24, 2.45) is 5.92 Å². The van der Waals surface area contributed by atoms with Gasteiger partial charge in [-0.05, 0) is 37.8 Å². The molecule has 6 nitrogen and oxygen atoms in total. The van der Waals surface area contributed by atoms with Crippen molar-refractivity contribution in [2.45, 2.75) is 57.5 Å². The summed E-state index contributed by atoms with van der Waals surface area (Å²) in [7, 11) is 0. The van der Waals surface area contributed by atoms with Gasteiger partial charge in [0.2, 0.25) is 11.8 Å². The first-order valence-electron chi connectivity index (χ1n) is 10.1. The van der Waals surface area contributed by atoms with Crippen LogP contribution >= 0.6 is 0 Å². The van der Waals surface area contributed by atoms with Gasteiger partial charge in [0.25, 0.3) is 0 Å². The Morgan fingerprint density at radius 3 is 2.78 bits per heavy atom. The van der Waals surface area contributed by atoms with Crippen LogP contribution in [0.4, 0.5) is 0 Å². The van der Waals surface area contributed by atoms with Crippen LogP contribution < -0.4 is 5.32 Å². The first-order chi connectivity index (χ1) is 13.3. The highest BCUT2D eigenvalue weighted by molar-refractivity contribution is 5.78. The number of nitrogens with one attached hydrogen (secondary N) is 1. The van der Waals surface area contributed by atoms with Crippen LogP contribution in [0.5, 0.6) is 0 Å². The van der Waals surface area contributed by atoms with Crippen molar-refractivity contribution in [3.05, 3.63) is 47.6 Å². The number of hydrogen-bond donors (Lipinski definition) is 1. The van der Waals surface area contributed by atoms with E-state index in [1.165, 1.54) is 25.7 Å². The van der Waals surface area contributed by atoms with Crippen LogP contribution in [0, 0.1) is 5.92 Å². The Morgan fingerprint density at radius 2 is 1.96 bits per heavy atom. The molecular weight excluding hydrogens is 340 g/mol. The van der Waals surface area contributed by atoms with Gasteiger partial charge in [-0.25, -0.2) is 0 Å². The molecule has 2 fully saturated rings. The Morgan fingerprint density at radius 1 is 1.15 bits per heavy atom. The Kier molecular flexibility index (Phi) is 5.82. The molecule has 1 aliphatic heterocycles. The number of carbonyl (C=O) groups excluding carboxylic acids is 1. The molecule has 1 amide bonds. The summed E-state index contributed by atoms with van der Waals surface area (Å²) >= 11 is 0. The zero-order valence-electron chi connectivity index (χ0n) is 15.8. The fourth-order valence-electron chi connectivity index (χ4n) is 4.34. The molecule has 27 heavy (non-hydrogen) atoms. The summed E-state index contributed by atoms with van der Waals surface area (Å²) in [5.41, 5.74) is 1.13. The molecule has 1 aliphatic carbocycles. The molecule has 0 radical (unpaired) electrons. The summed E-state index contributed by atoms with van der Waals surface area (Å²) < 4.78 is 5.31. The van der Waals surface area contributed by atoms with Crippen molar-refractivity contribution in [3.8, 4) is 0 Å². The number of nitrogens with zero attached hydrogens (tertiary/aromatic N) is 3. The van der Waals surface area contributed by atoms with Crippen LogP contribution in [0.15, 0.2) is 34.9 Å². The molecule has 1 atom stereocenters. The predicted molar refractivity (Wildman–Crippen MR) is 102 cm³/mol. The number of benzene rings is 1. The highest BCUT2D eigenvalue weighted by atomic mass is 16.5. The highest BCUT2D eigenvalue weighted by Gasteiger charge is 2.31. The smallest absolute Gasteiger partial charge is 0.231 e. The largest absolute Gasteiger partial charge is 0.348 e. The first-order valence-corrected chi connectivity index (χ1v) is 10.1. The molecule has 1 saturated carbocycles. The van der Waals surface area contributed by atoms with E-state index in [-0.39, 0.29) is 11.8 Å². The molecule has 2 aliphatic rings. The lowest BCUT2D eigenvalue weighted by molar-refractivity contribution is -0.127. The van der Waals surface area contributed by atoms with Gasteiger partial charge in [0.15, 0.2) is 5.82 Å². The maximum absolute atomic E-state index is 12.6. The zero-order chi connectivity index (χ0) is 18.5. The molecular formula is C21H28N4O2. The van der Waals surface area contributed by atoms with E-state index < -0.39 is 0 Å². The van der Waals surface area contributed by atoms with Gasteiger partial charge in [-0.3, -0.25) is 9.69 Å². The molecule has 4 rings (SSSR count). The SMILES string of the molecule is O=C(NCc1noc(Cc2ccccc2)n1)[C@H]1CCCN(C2CCCC2)C1. The number of carbonyl (C=O) groups is 1. The second kappa shape index (κ2) is 8.65. The fourth-order valence-corrected chi connectivity index (χ4v) is 4.34. The third-order valence-corrected chi connectivity index (χ3v) is 5.79. The summed E-state index contributed by atoms with van der Waals surface area (Å²) in [6, 6.07) is 10.7. The van der Waals surface area contributed by atoms with Crippen LogP contribution in [-0.2, 0) is 17.8 Å². The molecule has 1 N–H and O–H groups in total. The third kappa shape index (κ3) is 4.75. The van der Waals surface area contributed by atoms with Gasteiger partial charge < -0.3 is 9.84 Å². The van der Waals surface area contributed by atoms with Gasteiger partial charge in [-0.15, -0.1) is 0 Å². The van der Waals surface area contributed by atoms with Crippen molar-refractivity contribution in [3.63, 3.8) is 0 Å². The van der Waals surface area contributed by atoms with E-state index in [9.17, 15) is 4.79 Å². The maximum Gasteiger partial charge on any atom is 0.231 e. The average Bonchev–Trinajstić information content (AvgIpc) is 3.39. The molecule has 6 heteroatoms. The highest BCUT2D eigenvalue weighted by Crippen LogP contribution is 2.28. The summed E-state index contributed by atoms with van der Waals surface area (Å²) in [5, 5.41) is 7.00. The molecule has 0 spiro atoms. The lowest BCUT2D eigenvalue weighted by Crippen LogP contribution is -2.46. The Hall–Kier alpha value is -2.21. The Labute approximate surface area is 160 Å². The van der Waals surface area contributed by atoms with Crippen molar-refractivity contribution < 1.29 is 9.32 Å². The average molecular weight is 368 g/mol. The number of rotatable bonds is 6. The van der Waals surface area contributed by atoms with Crippen LogP contribution in [0.1, 0.15) is 55.8 Å². The number of likely N-dealkylation sites (tertiary alicyclic amines) is 1. The Balaban J connectivity index is 1.26. The van der Waals surface area contributed by atoms with E-state index in [2.05, 4.69) is 20.4 Å². The number of aromatic nitrogens is 2. The second-order valence-corrected chi connectivity index (χ2v) is 7.76. The van der Waals surface area contributed by atoms with Crippen LogP contribution in [0.3, 0.4) is 0 Å². The molecule has 0 unspecified atom stereocenters. The van der Waals surface area contributed by atoms with Gasteiger partial charge >= 0.3 is 0 Å². The van der Waals surface area contributed by atoms with Crippen molar-refractivity contribution >= 4 is 5.91 Å². The molecule has 2 heterocycles. The first kappa shape index (κ1) is 18.2. The second-order valence-electron chi connectivity index (χ2n) is 7.76. The number of piperidine rings is 1. The monoisotopic (exact) mass is 368 g/mol. The molecule has 144 valence electrons. The summed E-state index contributed by atoms with van der Waals surface area (Å²) in [6.07, 6.45) is 7.95. The predicted octanol–water partition coefficient (Wildman–Crippen LogP) is 2.93. The minimum absolute atomic E-state index is 0.0787. The molecule has 2 aromatic rings. The van der Waals surface area contributed by atoms with Crippen molar-refractivity contribution in [1.82, 2.24) is 20.4 Å². The maximum atomic E-state index is 12.6. The normalized spacial score (nSPS) is 21.4. The van der Waals surface area contributed by atoms with Crippen molar-refractivity contribution in [1.29, 1.82) is 0 Å². The molecule has 0 bridgehead atoms. The molecule has 1 aromatic heterocycles. The third-order valence-electron chi connectivity index (χ3n) is 5.79. The number of hydrogen-bond acceptors (Lipinski definition) is 5. The molecule has 1 saturated heterocycles. The lowest BCUT2D eigenvalue weighted by Gasteiger charge is -2.36. The van der Waals surface area contributed by atoms with E-state index in [0.717, 1.165) is 31.5 Å². The van der Waals surface area contributed by atoms with E-state index in [1.54, 1.807) is 0 Å². The van der Waals surface area contributed by atoms with E-state index in [1.807, 2.05) is 30.3 Å². The van der Waals surface area contributed by atoms with E-state index >= 15 is 0 Å². The number of amides is 1. The van der Waals surface area contributed by atoms with Gasteiger partial charge in [-0.2, -0.15) is 4.98 Å². The standard InChI is InChI=1S/C21H28N4O2/c26-21(17-9-6-12-25(15-17)18-10-4-5-11-18)22-14-19-23-20(27-24-19)13-16-7-2-1-3-8-16/h1-3,7-8,17-18H,4-6,9-15H2,(H,22,26)/t17-/m0/s1. The van der Waals surface area contributed by atoms with Crippen molar-refractivity contribution in [2.75, 3.05) is 13.1 Å². The Bertz CT molecular complexity index is 740. The van der Waals surface area contributed by atoms with Crippen LogP contribution in [0.25, 0.3) is 0 Å². The molecule has 1 aromatic carbocycles. The zero-order valence-corrected chi connectivity index (χ0v) is 15.8. The quantitative estimate of drug-likeness (QED) is 0.849. The lowest BCUT2D eigenvalue weighted by atomic mass is 9.95. The van der Waals surface area contributed by atoms with Crippen LogP contribution in [-0.4, -0.2) is 40.1 Å². The topological polar surface area (TPSA) is 71.3 Å². The van der Waals surface area contributed by atoms with Gasteiger partial charge in [-0.1, -0.05) is 48.3 Å². The summed E-state index contributed by atoms with van der Waals surface area (Å²) in [4.78, 5) is 19.5. The minimum Gasteiger partial charge on any atom is -0.348 e. The van der Waals surface area contributed by atoms with E-state index in [0.29, 0.717) is 30.7 Å². The summed E-state index contributed by atoms with van der Waals surface area (Å²) in [6.45, 7) is 2.36. The van der Waals surface area contributed by atoms with Gasteiger partial charge in [0.1, 0.15) is 0 Å². The van der Waals surface area contributed by atoms with Crippen LogP contribution in [0.2, 0.25) is 0 Å². The summed E-state index contributed by atoms with van der Waals surface area (Å²) in [5.74, 6) is 1.32. The fraction of sp³-hybridized carbons (Fsp3) is 0.571.